The Kier molecular flexibility index (Phi) is 4.86. The Bertz CT molecular complexity index is 1130. The summed E-state index contributed by atoms with van der Waals surface area (Å²) in [7, 11) is 0. The van der Waals surface area contributed by atoms with Crippen LogP contribution < -0.4 is 0 Å². The number of halogens is 1. The van der Waals surface area contributed by atoms with Gasteiger partial charge in [-0.1, -0.05) is 29.8 Å². The standard InChI is InChI=1S/C23H22ClN3O2/c1-15-20(26-22(28-15)16-5-3-2-4-6-16)14-27-11-9-17(10-12-27)23-25-19-13-18(24)7-8-21(19)29-23/h2-8,13,17H,9-12,14H2,1H3. The molecule has 1 fully saturated rings. The van der Waals surface area contributed by atoms with E-state index < -0.39 is 0 Å². The van der Waals surface area contributed by atoms with Gasteiger partial charge >= 0.3 is 0 Å². The monoisotopic (exact) mass is 407 g/mol. The Morgan fingerprint density at radius 1 is 1.03 bits per heavy atom. The molecular weight excluding hydrogens is 386 g/mol. The van der Waals surface area contributed by atoms with Crippen molar-refractivity contribution in [1.29, 1.82) is 0 Å². The molecule has 1 saturated heterocycles. The number of benzene rings is 2. The average Bonchev–Trinajstić information content (AvgIpc) is 3.32. The van der Waals surface area contributed by atoms with Crippen molar-refractivity contribution in [3.8, 4) is 11.5 Å². The quantitative estimate of drug-likeness (QED) is 0.426. The summed E-state index contributed by atoms with van der Waals surface area (Å²) < 4.78 is 11.9. The van der Waals surface area contributed by atoms with E-state index in [1.54, 1.807) is 0 Å². The maximum atomic E-state index is 6.06. The molecule has 6 heteroatoms. The molecule has 1 aliphatic rings. The molecular formula is C23H22ClN3O2. The summed E-state index contributed by atoms with van der Waals surface area (Å²) in [5.74, 6) is 2.75. The van der Waals surface area contributed by atoms with E-state index in [1.807, 2.05) is 55.5 Å². The van der Waals surface area contributed by atoms with Crippen molar-refractivity contribution in [2.45, 2.75) is 32.2 Å². The molecule has 0 N–H and O–H groups in total. The number of piperidine rings is 1. The highest BCUT2D eigenvalue weighted by Gasteiger charge is 2.26. The van der Waals surface area contributed by atoms with E-state index in [0.29, 0.717) is 16.8 Å². The van der Waals surface area contributed by atoms with E-state index in [0.717, 1.165) is 66.5 Å². The number of hydrogen-bond donors (Lipinski definition) is 0. The van der Waals surface area contributed by atoms with Crippen LogP contribution >= 0.6 is 11.6 Å². The third-order valence-electron chi connectivity index (χ3n) is 5.59. The minimum absolute atomic E-state index is 0.343. The van der Waals surface area contributed by atoms with Gasteiger partial charge in [-0.15, -0.1) is 0 Å². The Morgan fingerprint density at radius 3 is 2.62 bits per heavy atom. The normalized spacial score (nSPS) is 15.9. The minimum Gasteiger partial charge on any atom is -0.441 e. The van der Waals surface area contributed by atoms with Gasteiger partial charge in [-0.2, -0.15) is 0 Å². The minimum atomic E-state index is 0.343. The van der Waals surface area contributed by atoms with Gasteiger partial charge in [0.25, 0.3) is 0 Å². The van der Waals surface area contributed by atoms with Gasteiger partial charge in [0, 0.05) is 23.0 Å². The summed E-state index contributed by atoms with van der Waals surface area (Å²) >= 11 is 6.06. The number of rotatable bonds is 4. The van der Waals surface area contributed by atoms with Crippen LogP contribution in [0.2, 0.25) is 5.02 Å². The zero-order valence-electron chi connectivity index (χ0n) is 16.3. The molecule has 3 heterocycles. The molecule has 4 aromatic rings. The van der Waals surface area contributed by atoms with Gasteiger partial charge in [0.2, 0.25) is 5.89 Å². The summed E-state index contributed by atoms with van der Waals surface area (Å²) in [4.78, 5) is 11.8. The predicted octanol–water partition coefficient (Wildman–Crippen LogP) is 5.82. The summed E-state index contributed by atoms with van der Waals surface area (Å²) in [5, 5.41) is 0.685. The lowest BCUT2D eigenvalue weighted by Crippen LogP contribution is -2.32. The molecule has 0 amide bonds. The topological polar surface area (TPSA) is 55.3 Å². The van der Waals surface area contributed by atoms with Crippen LogP contribution in [0.15, 0.2) is 57.4 Å². The highest BCUT2D eigenvalue weighted by molar-refractivity contribution is 6.31. The van der Waals surface area contributed by atoms with E-state index in [4.69, 9.17) is 25.4 Å². The first-order chi connectivity index (χ1) is 14.2. The van der Waals surface area contributed by atoms with Crippen molar-refractivity contribution < 1.29 is 8.83 Å². The van der Waals surface area contributed by atoms with Crippen molar-refractivity contribution >= 4 is 22.7 Å². The second kappa shape index (κ2) is 7.65. The number of fused-ring (bicyclic) bond motifs is 1. The average molecular weight is 408 g/mol. The fraction of sp³-hybridized carbons (Fsp3) is 0.304. The molecule has 148 valence electrons. The van der Waals surface area contributed by atoms with Crippen LogP contribution in [-0.4, -0.2) is 28.0 Å². The van der Waals surface area contributed by atoms with Crippen LogP contribution in [0.3, 0.4) is 0 Å². The van der Waals surface area contributed by atoms with Gasteiger partial charge in [-0.3, -0.25) is 4.90 Å². The lowest BCUT2D eigenvalue weighted by atomic mass is 9.96. The largest absolute Gasteiger partial charge is 0.441 e. The molecule has 5 rings (SSSR count). The Balaban J connectivity index is 1.24. The first kappa shape index (κ1) is 18.4. The molecule has 0 aliphatic carbocycles. The van der Waals surface area contributed by atoms with E-state index in [-0.39, 0.29) is 0 Å². The highest BCUT2D eigenvalue weighted by Crippen LogP contribution is 2.31. The van der Waals surface area contributed by atoms with Crippen molar-refractivity contribution in [2.75, 3.05) is 13.1 Å². The van der Waals surface area contributed by atoms with Gasteiger partial charge in [0.1, 0.15) is 11.3 Å². The van der Waals surface area contributed by atoms with Crippen LogP contribution in [0, 0.1) is 6.92 Å². The second-order valence-corrected chi connectivity index (χ2v) is 8.04. The number of likely N-dealkylation sites (tertiary alicyclic amines) is 1. The number of hydrogen-bond acceptors (Lipinski definition) is 5. The second-order valence-electron chi connectivity index (χ2n) is 7.60. The van der Waals surface area contributed by atoms with Crippen molar-refractivity contribution in [3.05, 3.63) is 70.9 Å². The van der Waals surface area contributed by atoms with Crippen LogP contribution in [0.25, 0.3) is 22.6 Å². The maximum absolute atomic E-state index is 6.06. The predicted molar refractivity (Wildman–Crippen MR) is 113 cm³/mol. The lowest BCUT2D eigenvalue weighted by molar-refractivity contribution is 0.191. The van der Waals surface area contributed by atoms with Gasteiger partial charge in [0.05, 0.1) is 5.69 Å². The number of aromatic nitrogens is 2. The SMILES string of the molecule is Cc1oc(-c2ccccc2)nc1CN1CCC(c2nc3cc(Cl)ccc3o2)CC1. The number of nitrogens with zero attached hydrogens (tertiary/aromatic N) is 3. The molecule has 0 bridgehead atoms. The summed E-state index contributed by atoms with van der Waals surface area (Å²) in [5.41, 5.74) is 3.66. The number of oxazole rings is 2. The van der Waals surface area contributed by atoms with Crippen LogP contribution in [0.1, 0.15) is 36.1 Å². The molecule has 0 unspecified atom stereocenters. The Hall–Kier alpha value is -2.63. The van der Waals surface area contributed by atoms with Crippen LogP contribution in [0.5, 0.6) is 0 Å². The van der Waals surface area contributed by atoms with Crippen molar-refractivity contribution in [3.63, 3.8) is 0 Å². The fourth-order valence-electron chi connectivity index (χ4n) is 3.92. The maximum Gasteiger partial charge on any atom is 0.226 e. The molecule has 0 atom stereocenters. The molecule has 2 aromatic carbocycles. The van der Waals surface area contributed by atoms with Gasteiger partial charge in [-0.25, -0.2) is 9.97 Å². The zero-order valence-corrected chi connectivity index (χ0v) is 17.0. The lowest BCUT2D eigenvalue weighted by Gasteiger charge is -2.29. The van der Waals surface area contributed by atoms with Gasteiger partial charge < -0.3 is 8.83 Å². The van der Waals surface area contributed by atoms with E-state index in [1.165, 1.54) is 0 Å². The smallest absolute Gasteiger partial charge is 0.226 e. The molecule has 0 radical (unpaired) electrons. The molecule has 29 heavy (non-hydrogen) atoms. The van der Waals surface area contributed by atoms with E-state index >= 15 is 0 Å². The Morgan fingerprint density at radius 2 is 1.83 bits per heavy atom. The third-order valence-corrected chi connectivity index (χ3v) is 5.82. The van der Waals surface area contributed by atoms with E-state index in [2.05, 4.69) is 9.88 Å². The molecule has 0 saturated carbocycles. The molecule has 5 nitrogen and oxygen atoms in total. The summed E-state index contributed by atoms with van der Waals surface area (Å²) in [6, 6.07) is 15.6. The summed E-state index contributed by atoms with van der Waals surface area (Å²) in [6.07, 6.45) is 2.03. The first-order valence-electron chi connectivity index (χ1n) is 9.96. The number of aryl methyl sites for hydroxylation is 1. The third kappa shape index (κ3) is 3.80. The first-order valence-corrected chi connectivity index (χ1v) is 10.3. The Labute approximate surface area is 174 Å². The molecule has 0 spiro atoms. The fourth-order valence-corrected chi connectivity index (χ4v) is 4.09. The molecule has 1 aliphatic heterocycles. The van der Waals surface area contributed by atoms with E-state index in [9.17, 15) is 0 Å². The van der Waals surface area contributed by atoms with Crippen LogP contribution in [-0.2, 0) is 6.54 Å². The van der Waals surface area contributed by atoms with Gasteiger partial charge in [-0.05, 0) is 63.2 Å². The summed E-state index contributed by atoms with van der Waals surface area (Å²) in [6.45, 7) is 4.76. The van der Waals surface area contributed by atoms with Crippen molar-refractivity contribution in [2.24, 2.45) is 0 Å². The van der Waals surface area contributed by atoms with Crippen molar-refractivity contribution in [1.82, 2.24) is 14.9 Å². The molecule has 2 aromatic heterocycles. The zero-order chi connectivity index (χ0) is 19.8. The highest BCUT2D eigenvalue weighted by atomic mass is 35.5. The van der Waals surface area contributed by atoms with Gasteiger partial charge in [0.15, 0.2) is 11.5 Å². The van der Waals surface area contributed by atoms with Crippen LogP contribution in [0.4, 0.5) is 0 Å².